The summed E-state index contributed by atoms with van der Waals surface area (Å²) in [5, 5.41) is 10.8. The number of nitrogens with zero attached hydrogens (tertiary/aromatic N) is 7. The number of piperidine rings is 1. The highest BCUT2D eigenvalue weighted by atomic mass is 32.2. The van der Waals surface area contributed by atoms with Crippen molar-refractivity contribution in [2.24, 2.45) is 0 Å². The highest BCUT2D eigenvalue weighted by molar-refractivity contribution is 7.90. The van der Waals surface area contributed by atoms with Crippen LogP contribution in [0.4, 0.5) is 5.82 Å². The number of anilines is 1. The van der Waals surface area contributed by atoms with Crippen molar-refractivity contribution in [1.82, 2.24) is 39.7 Å². The maximum atomic E-state index is 13.1. The molecule has 0 aliphatic carbocycles. The molecule has 5 heterocycles. The predicted octanol–water partition coefficient (Wildman–Crippen LogP) is 3.17. The number of aromatic amines is 1. The van der Waals surface area contributed by atoms with Crippen LogP contribution in [-0.2, 0) is 9.84 Å². The largest absolute Gasteiger partial charge is 0.383 e. The summed E-state index contributed by atoms with van der Waals surface area (Å²) in [6.07, 6.45) is 7.29. The van der Waals surface area contributed by atoms with E-state index in [1.165, 1.54) is 17.1 Å². The molecule has 6 rings (SSSR count). The van der Waals surface area contributed by atoms with Crippen LogP contribution in [0.15, 0.2) is 60.0 Å². The molecule has 220 valence electrons. The van der Waals surface area contributed by atoms with E-state index in [1.807, 2.05) is 12.1 Å². The Morgan fingerprint density at radius 3 is 2.35 bits per heavy atom. The lowest BCUT2D eigenvalue weighted by Crippen LogP contribution is -2.39. The third-order valence-corrected chi connectivity index (χ3v) is 8.88. The maximum Gasteiger partial charge on any atom is 0.291 e. The van der Waals surface area contributed by atoms with E-state index in [0.717, 1.165) is 11.1 Å². The van der Waals surface area contributed by atoms with E-state index in [4.69, 9.17) is 10.7 Å². The molecule has 13 nitrogen and oxygen atoms in total. The van der Waals surface area contributed by atoms with Crippen LogP contribution in [0.2, 0.25) is 0 Å². The van der Waals surface area contributed by atoms with Gasteiger partial charge in [0.25, 0.3) is 5.91 Å². The molecule has 0 saturated carbocycles. The summed E-state index contributed by atoms with van der Waals surface area (Å²) in [4.78, 5) is 41.4. The topological polar surface area (TPSA) is 182 Å². The third-order valence-electron chi connectivity index (χ3n) is 7.75. The molecule has 3 N–H and O–H groups in total. The number of likely N-dealkylation sites (tertiary alicyclic amines) is 1. The number of nitrogens with one attached hydrogen (secondary N) is 1. The molecule has 1 aliphatic heterocycles. The summed E-state index contributed by atoms with van der Waals surface area (Å²) in [6, 6.07) is 10.3. The van der Waals surface area contributed by atoms with Gasteiger partial charge in [-0.25, -0.2) is 18.4 Å². The van der Waals surface area contributed by atoms with Crippen molar-refractivity contribution >= 4 is 33.0 Å². The van der Waals surface area contributed by atoms with Crippen molar-refractivity contribution in [3.8, 4) is 22.4 Å². The number of ketones is 1. The molecule has 0 spiro atoms. The molecule has 43 heavy (non-hydrogen) atoms. The number of nitrogens with two attached hydrogens (primary N) is 1. The van der Waals surface area contributed by atoms with E-state index >= 15 is 0 Å². The normalized spacial score (nSPS) is 14.3. The van der Waals surface area contributed by atoms with Gasteiger partial charge >= 0.3 is 0 Å². The zero-order valence-electron chi connectivity index (χ0n) is 23.6. The lowest BCUT2D eigenvalue weighted by Gasteiger charge is -2.32. The molecule has 5 aromatic rings. The number of amides is 1. The van der Waals surface area contributed by atoms with E-state index < -0.39 is 9.84 Å². The van der Waals surface area contributed by atoms with Crippen LogP contribution < -0.4 is 5.73 Å². The summed E-state index contributed by atoms with van der Waals surface area (Å²) < 4.78 is 25.1. The van der Waals surface area contributed by atoms with Crippen LogP contribution >= 0.6 is 0 Å². The standard InChI is InChI=1S/C29H29N9O4S/c1-3-23(39)24-25(18-10-12-37(13-11-18)29(40)27-32-16-33-36-27)35-28-21(15-34-38(28)26(24)30)19-6-9-22(31-14-19)17-4-7-20(8-5-17)43(2,41)42/h4-9,14-16,18H,3,10-13,30H2,1-2H3,(H,32,33,36). The molecular weight excluding hydrogens is 570 g/mol. The molecule has 0 unspecified atom stereocenters. The van der Waals surface area contributed by atoms with Gasteiger partial charge in [-0.2, -0.15) is 14.7 Å². The number of H-pyrrole nitrogens is 1. The van der Waals surface area contributed by atoms with Gasteiger partial charge in [-0.05, 0) is 31.0 Å². The molecule has 0 atom stereocenters. The second-order valence-corrected chi connectivity index (χ2v) is 12.5. The van der Waals surface area contributed by atoms with E-state index in [-0.39, 0.29) is 40.6 Å². The Kier molecular flexibility index (Phi) is 7.22. The maximum absolute atomic E-state index is 13.1. The minimum Gasteiger partial charge on any atom is -0.383 e. The molecule has 14 heteroatoms. The number of sulfone groups is 1. The summed E-state index contributed by atoms with van der Waals surface area (Å²) in [7, 11) is -3.29. The van der Waals surface area contributed by atoms with Crippen LogP contribution in [0.1, 0.15) is 58.8 Å². The number of benzene rings is 1. The number of carbonyl (C=O) groups excluding carboxylic acids is 2. The van der Waals surface area contributed by atoms with E-state index in [0.29, 0.717) is 54.1 Å². The minimum atomic E-state index is -3.29. The fraction of sp³-hybridized carbons (Fsp3) is 0.276. The van der Waals surface area contributed by atoms with E-state index in [9.17, 15) is 18.0 Å². The molecule has 1 fully saturated rings. The molecule has 0 bridgehead atoms. The van der Waals surface area contributed by atoms with Gasteiger partial charge in [-0.1, -0.05) is 25.1 Å². The number of Topliss-reactive ketones (excluding diaryl/α,β-unsaturated/α-hetero) is 1. The van der Waals surface area contributed by atoms with Gasteiger partial charge in [0.2, 0.25) is 5.82 Å². The van der Waals surface area contributed by atoms with Crippen LogP contribution in [0.3, 0.4) is 0 Å². The number of aromatic nitrogens is 7. The molecule has 1 aliphatic rings. The Balaban J connectivity index is 1.32. The second kappa shape index (κ2) is 11.0. The van der Waals surface area contributed by atoms with Gasteiger partial charge in [0.05, 0.1) is 28.0 Å². The Morgan fingerprint density at radius 2 is 1.74 bits per heavy atom. The Bertz CT molecular complexity index is 1930. The van der Waals surface area contributed by atoms with Gasteiger partial charge in [0.15, 0.2) is 21.3 Å². The molecular formula is C29H29N9O4S. The van der Waals surface area contributed by atoms with Gasteiger partial charge in [-0.3, -0.25) is 19.7 Å². The average molecular weight is 600 g/mol. The van der Waals surface area contributed by atoms with Gasteiger partial charge < -0.3 is 10.6 Å². The molecule has 1 amide bonds. The van der Waals surface area contributed by atoms with E-state index in [1.54, 1.807) is 48.5 Å². The van der Waals surface area contributed by atoms with Crippen LogP contribution in [0, 0.1) is 0 Å². The monoisotopic (exact) mass is 599 g/mol. The number of nitrogen functional groups attached to an aromatic ring is 1. The Morgan fingerprint density at radius 1 is 1.02 bits per heavy atom. The predicted molar refractivity (Wildman–Crippen MR) is 158 cm³/mol. The van der Waals surface area contributed by atoms with Gasteiger partial charge in [-0.15, -0.1) is 0 Å². The number of rotatable bonds is 7. The Labute approximate surface area is 247 Å². The average Bonchev–Trinajstić information content (AvgIpc) is 3.71. The number of hydrogen-bond donors (Lipinski definition) is 2. The van der Waals surface area contributed by atoms with Gasteiger partial charge in [0.1, 0.15) is 12.1 Å². The first kappa shape index (κ1) is 28.2. The zero-order valence-corrected chi connectivity index (χ0v) is 24.4. The quantitative estimate of drug-likeness (QED) is 0.264. The molecule has 1 aromatic carbocycles. The molecule has 1 saturated heterocycles. The molecule has 4 aromatic heterocycles. The Hall–Kier alpha value is -4.98. The number of hydrogen-bond acceptors (Lipinski definition) is 10. The van der Waals surface area contributed by atoms with Crippen molar-refractivity contribution in [3.05, 3.63) is 72.2 Å². The first-order valence-corrected chi connectivity index (χ1v) is 15.7. The first-order chi connectivity index (χ1) is 20.7. The van der Waals surface area contributed by atoms with Crippen LogP contribution in [0.25, 0.3) is 28.0 Å². The lowest BCUT2D eigenvalue weighted by molar-refractivity contribution is 0.0699. The van der Waals surface area contributed by atoms with Crippen molar-refractivity contribution in [2.75, 3.05) is 25.1 Å². The number of fused-ring (bicyclic) bond motifs is 1. The number of carbonyl (C=O) groups is 2. The highest BCUT2D eigenvalue weighted by Crippen LogP contribution is 2.35. The molecule has 0 radical (unpaired) electrons. The zero-order chi connectivity index (χ0) is 30.3. The third kappa shape index (κ3) is 5.25. The van der Waals surface area contributed by atoms with Crippen molar-refractivity contribution < 1.29 is 18.0 Å². The summed E-state index contributed by atoms with van der Waals surface area (Å²) in [6.45, 7) is 2.73. The summed E-state index contributed by atoms with van der Waals surface area (Å²) in [5.74, 6) is -0.00166. The smallest absolute Gasteiger partial charge is 0.291 e. The van der Waals surface area contributed by atoms with Crippen LogP contribution in [0.5, 0.6) is 0 Å². The second-order valence-electron chi connectivity index (χ2n) is 10.5. The van der Waals surface area contributed by atoms with E-state index in [2.05, 4.69) is 25.3 Å². The van der Waals surface area contributed by atoms with Gasteiger partial charge in [0, 0.05) is 54.6 Å². The SMILES string of the molecule is CCC(=O)c1c(C2CCN(C(=O)c3ncn[nH]3)CC2)nc2c(-c3ccc(-c4ccc(S(C)(=O)=O)cc4)nc3)cnn2c1N. The van der Waals surface area contributed by atoms with Crippen molar-refractivity contribution in [1.29, 1.82) is 0 Å². The van der Waals surface area contributed by atoms with Crippen LogP contribution in [-0.4, -0.2) is 79.1 Å². The first-order valence-electron chi connectivity index (χ1n) is 13.8. The van der Waals surface area contributed by atoms with Crippen molar-refractivity contribution in [2.45, 2.75) is 37.0 Å². The highest BCUT2D eigenvalue weighted by Gasteiger charge is 2.31. The minimum absolute atomic E-state index is 0.0882. The van der Waals surface area contributed by atoms with Crippen molar-refractivity contribution in [3.63, 3.8) is 0 Å². The summed E-state index contributed by atoms with van der Waals surface area (Å²) >= 11 is 0. The summed E-state index contributed by atoms with van der Waals surface area (Å²) in [5.41, 5.74) is 11.0. The lowest BCUT2D eigenvalue weighted by atomic mass is 9.88. The fourth-order valence-electron chi connectivity index (χ4n) is 5.41. The fourth-order valence-corrected chi connectivity index (χ4v) is 6.04. The number of pyridine rings is 1.